The fraction of sp³-hybridized carbons (Fsp3) is 0.371. The first-order valence-electron chi connectivity index (χ1n) is 16.2. The molecule has 8 rings (SSSR count). The Hall–Kier alpha value is -4.32. The number of hydrogen-bond donors (Lipinski definition) is 0. The number of ether oxygens (including phenoxy) is 3. The van der Waals surface area contributed by atoms with Crippen LogP contribution in [0.2, 0.25) is 10.0 Å². The number of esters is 1. The van der Waals surface area contributed by atoms with Crippen LogP contribution in [0, 0.1) is 0 Å². The number of rotatable bonds is 8. The number of carbonyl (C=O) groups excluding carboxylic acids is 1. The summed E-state index contributed by atoms with van der Waals surface area (Å²) in [5.41, 5.74) is 3.51. The van der Waals surface area contributed by atoms with Crippen molar-refractivity contribution in [3.8, 4) is 11.5 Å². The summed E-state index contributed by atoms with van der Waals surface area (Å²) in [6.07, 6.45) is 7.54. The number of fused-ring (bicyclic) bond motifs is 3. The minimum atomic E-state index is -1.05. The Morgan fingerprint density at radius 1 is 1.04 bits per heavy atom. The molecule has 0 amide bonds. The van der Waals surface area contributed by atoms with Crippen molar-refractivity contribution in [3.05, 3.63) is 94.0 Å². The second-order valence-corrected chi connectivity index (χ2v) is 13.4. The number of nitrogens with zero attached hydrogens (tertiary/aromatic N) is 7. The number of imidazole rings is 2. The molecule has 1 saturated carbocycles. The molecule has 1 aliphatic carbocycles. The molecule has 2 fully saturated rings. The molecular formula is C35H35Cl2N7O4. The van der Waals surface area contributed by atoms with E-state index in [2.05, 4.69) is 41.9 Å². The molecule has 0 spiro atoms. The highest BCUT2D eigenvalue weighted by Gasteiger charge is 2.47. The van der Waals surface area contributed by atoms with E-state index >= 15 is 0 Å². The van der Waals surface area contributed by atoms with Crippen molar-refractivity contribution < 1.29 is 19.0 Å². The lowest BCUT2D eigenvalue weighted by Crippen LogP contribution is -2.64. The third kappa shape index (κ3) is 5.15. The molecule has 48 heavy (non-hydrogen) atoms. The number of benzene rings is 2. The van der Waals surface area contributed by atoms with E-state index < -0.39 is 11.8 Å². The Kier molecular flexibility index (Phi) is 7.73. The van der Waals surface area contributed by atoms with E-state index in [0.717, 1.165) is 61.1 Å². The summed E-state index contributed by atoms with van der Waals surface area (Å²) in [5.74, 6) is 1.73. The number of aromatic nitrogens is 5. The molecule has 2 aromatic carbocycles. The van der Waals surface area contributed by atoms with Gasteiger partial charge < -0.3 is 28.2 Å². The molecular weight excluding hydrogens is 653 g/mol. The summed E-state index contributed by atoms with van der Waals surface area (Å²) < 4.78 is 22.2. The van der Waals surface area contributed by atoms with E-state index in [9.17, 15) is 4.79 Å². The van der Waals surface area contributed by atoms with Crippen LogP contribution in [0.25, 0.3) is 11.0 Å². The van der Waals surface area contributed by atoms with Gasteiger partial charge in [0.15, 0.2) is 11.5 Å². The van der Waals surface area contributed by atoms with Crippen LogP contribution < -0.4 is 14.4 Å². The first-order chi connectivity index (χ1) is 23.3. The number of halogens is 2. The average Bonchev–Trinajstić information content (AvgIpc) is 3.77. The van der Waals surface area contributed by atoms with E-state index in [-0.39, 0.29) is 0 Å². The van der Waals surface area contributed by atoms with Gasteiger partial charge in [-0.3, -0.25) is 9.88 Å². The normalized spacial score (nSPS) is 21.7. The van der Waals surface area contributed by atoms with Gasteiger partial charge in [0.2, 0.25) is 0 Å². The zero-order chi connectivity index (χ0) is 33.2. The van der Waals surface area contributed by atoms with Crippen molar-refractivity contribution in [2.75, 3.05) is 25.1 Å². The number of pyridine rings is 1. The third-order valence-electron chi connectivity index (χ3n) is 9.86. The highest BCUT2D eigenvalue weighted by atomic mass is 35.5. The molecule has 3 atom stereocenters. The lowest BCUT2D eigenvalue weighted by molar-refractivity contribution is -0.0717. The fourth-order valence-corrected chi connectivity index (χ4v) is 7.64. The van der Waals surface area contributed by atoms with Crippen LogP contribution >= 0.6 is 23.2 Å². The summed E-state index contributed by atoms with van der Waals surface area (Å²) >= 11 is 12.8. The number of aryl methyl sites for hydroxylation is 1. The third-order valence-corrected chi connectivity index (χ3v) is 10.4. The van der Waals surface area contributed by atoms with Crippen molar-refractivity contribution >= 4 is 45.9 Å². The van der Waals surface area contributed by atoms with Gasteiger partial charge in [-0.2, -0.15) is 0 Å². The molecule has 0 unspecified atom stereocenters. The predicted molar refractivity (Wildman–Crippen MR) is 182 cm³/mol. The van der Waals surface area contributed by atoms with Crippen LogP contribution in [0.3, 0.4) is 0 Å². The lowest BCUT2D eigenvalue weighted by Gasteiger charge is -2.54. The van der Waals surface area contributed by atoms with Crippen molar-refractivity contribution in [3.63, 3.8) is 0 Å². The minimum absolute atomic E-state index is 0.306. The largest absolute Gasteiger partial charge is 0.465 e. The van der Waals surface area contributed by atoms with Crippen LogP contribution in [0.4, 0.5) is 5.69 Å². The second kappa shape index (κ2) is 12.0. The Morgan fingerprint density at radius 3 is 2.65 bits per heavy atom. The van der Waals surface area contributed by atoms with Crippen molar-refractivity contribution in [1.82, 2.24) is 29.0 Å². The number of carbonyl (C=O) groups is 1. The van der Waals surface area contributed by atoms with Gasteiger partial charge in [0.1, 0.15) is 22.9 Å². The summed E-state index contributed by atoms with van der Waals surface area (Å²) in [6, 6.07) is 13.8. The first kappa shape index (κ1) is 31.0. The maximum absolute atomic E-state index is 12.5. The quantitative estimate of drug-likeness (QED) is 0.174. The van der Waals surface area contributed by atoms with E-state index in [1.165, 1.54) is 7.11 Å². The van der Waals surface area contributed by atoms with E-state index in [4.69, 9.17) is 42.4 Å². The van der Waals surface area contributed by atoms with Crippen LogP contribution in [0.15, 0.2) is 61.1 Å². The maximum Gasteiger partial charge on any atom is 0.337 e. The lowest BCUT2D eigenvalue weighted by atomic mass is 9.81. The molecule has 13 heteroatoms. The molecule has 3 aromatic heterocycles. The topological polar surface area (TPSA) is 99.8 Å². The number of para-hydroxylation sites is 1. The summed E-state index contributed by atoms with van der Waals surface area (Å²) in [4.78, 5) is 31.7. The Bertz CT molecular complexity index is 2030. The molecule has 1 saturated heterocycles. The van der Waals surface area contributed by atoms with Crippen molar-refractivity contribution in [2.45, 2.75) is 64.2 Å². The van der Waals surface area contributed by atoms with Gasteiger partial charge in [0.05, 0.1) is 47.0 Å². The molecule has 0 radical (unpaired) electrons. The van der Waals surface area contributed by atoms with Crippen LogP contribution in [-0.4, -0.2) is 67.2 Å². The standard InChI is InChI=1S/C35H35Cl2N7O4/c1-4-41-13-12-38-30(41)20-44-27-17-21(34(45)46-3)16-23(37)32(27)40-31(44)19-42-14-15-43(25-10-9-24(25)42)26-6-5-7-28-33(26)48-35(2,47-28)29-11-8-22(36)18-39-29/h5-8,11-13,16-18,24-25H,4,9-10,14-15,19-20H2,1-3H3/t24-,25-,35-/m1/s1. The van der Waals surface area contributed by atoms with E-state index in [1.807, 2.05) is 43.6 Å². The Morgan fingerprint density at radius 2 is 1.90 bits per heavy atom. The molecule has 2 aliphatic heterocycles. The molecule has 11 nitrogen and oxygen atoms in total. The average molecular weight is 689 g/mol. The Labute approximate surface area is 288 Å². The van der Waals surface area contributed by atoms with Crippen molar-refractivity contribution in [1.29, 1.82) is 0 Å². The van der Waals surface area contributed by atoms with Crippen LogP contribution in [0.5, 0.6) is 11.5 Å². The number of anilines is 1. The zero-order valence-electron chi connectivity index (χ0n) is 26.9. The van der Waals surface area contributed by atoms with Gasteiger partial charge in [0.25, 0.3) is 5.79 Å². The number of hydrogen-bond acceptors (Lipinski definition) is 9. The van der Waals surface area contributed by atoms with Gasteiger partial charge >= 0.3 is 5.97 Å². The molecule has 0 N–H and O–H groups in total. The first-order valence-corrected chi connectivity index (χ1v) is 16.9. The Balaban J connectivity index is 1.08. The molecule has 5 aromatic rings. The van der Waals surface area contributed by atoms with Gasteiger partial charge in [-0.05, 0) is 56.2 Å². The van der Waals surface area contributed by atoms with Gasteiger partial charge in [0, 0.05) is 57.2 Å². The highest BCUT2D eigenvalue weighted by Crippen LogP contribution is 2.51. The predicted octanol–water partition coefficient (Wildman–Crippen LogP) is 6.29. The van der Waals surface area contributed by atoms with Gasteiger partial charge in [-0.1, -0.05) is 29.3 Å². The molecule has 248 valence electrons. The summed E-state index contributed by atoms with van der Waals surface area (Å²) in [6.45, 7) is 7.54. The number of methoxy groups -OCH3 is 1. The highest BCUT2D eigenvalue weighted by molar-refractivity contribution is 6.35. The zero-order valence-corrected chi connectivity index (χ0v) is 28.4. The van der Waals surface area contributed by atoms with Crippen LogP contribution in [-0.2, 0) is 30.2 Å². The molecule has 0 bridgehead atoms. The van der Waals surface area contributed by atoms with E-state index in [0.29, 0.717) is 57.7 Å². The molecule has 3 aliphatic rings. The summed E-state index contributed by atoms with van der Waals surface area (Å²) in [5, 5.41) is 0.975. The molecule has 5 heterocycles. The van der Waals surface area contributed by atoms with Crippen molar-refractivity contribution in [2.24, 2.45) is 0 Å². The fourth-order valence-electron chi connectivity index (χ4n) is 7.27. The SMILES string of the molecule is CCn1ccnc1Cn1c(CN2CCN(c3cccc4c3O[C@](C)(c3ccc(Cl)cn3)O4)[C@@H]3CC[C@H]32)nc2c(Cl)cc(C(=O)OC)cc21. The van der Waals surface area contributed by atoms with E-state index in [1.54, 1.807) is 18.3 Å². The monoisotopic (exact) mass is 687 g/mol. The van der Waals surface area contributed by atoms with Gasteiger partial charge in [-0.25, -0.2) is 14.8 Å². The van der Waals surface area contributed by atoms with Gasteiger partial charge in [-0.15, -0.1) is 0 Å². The smallest absolute Gasteiger partial charge is 0.337 e. The van der Waals surface area contributed by atoms with Crippen LogP contribution in [0.1, 0.15) is 54.4 Å². The summed E-state index contributed by atoms with van der Waals surface area (Å²) in [7, 11) is 1.37. The maximum atomic E-state index is 12.5. The second-order valence-electron chi connectivity index (χ2n) is 12.6. The minimum Gasteiger partial charge on any atom is -0.465 e. The number of piperazine rings is 1.